The Bertz CT molecular complexity index is 1920. The van der Waals surface area contributed by atoms with E-state index in [1.165, 1.54) is 12.8 Å². The van der Waals surface area contributed by atoms with Gasteiger partial charge < -0.3 is 35.0 Å². The first-order chi connectivity index (χ1) is 28.5. The number of aliphatic hydroxyl groups excluding tert-OH is 2. The second-order valence-corrected chi connectivity index (χ2v) is 16.1. The topological polar surface area (TPSA) is 126 Å². The van der Waals surface area contributed by atoms with Gasteiger partial charge in [-0.2, -0.15) is 0 Å². The molecule has 3 aliphatic rings. The smallest absolute Gasteiger partial charge is 0.127 e. The maximum absolute atomic E-state index is 11.0. The van der Waals surface area contributed by atoms with Gasteiger partial charge in [-0.1, -0.05) is 103 Å². The molecule has 0 saturated carbocycles. The fraction of sp³-hybridized carbons (Fsp3) is 0.400. The summed E-state index contributed by atoms with van der Waals surface area (Å²) in [6, 6.07) is 43.6. The molecule has 9 heteroatoms. The van der Waals surface area contributed by atoms with Gasteiger partial charge in [0.15, 0.2) is 0 Å². The van der Waals surface area contributed by atoms with E-state index in [1.54, 1.807) is 24.3 Å². The Morgan fingerprint density at radius 1 is 0.508 bits per heavy atom. The number of hydrogen-bond donors (Lipinski definition) is 5. The fourth-order valence-corrected chi connectivity index (χ4v) is 8.17. The lowest BCUT2D eigenvalue weighted by Gasteiger charge is -2.42. The van der Waals surface area contributed by atoms with E-state index >= 15 is 0 Å². The molecule has 59 heavy (non-hydrogen) atoms. The molecule has 3 fully saturated rings. The van der Waals surface area contributed by atoms with Gasteiger partial charge in [-0.3, -0.25) is 9.80 Å². The van der Waals surface area contributed by atoms with Crippen molar-refractivity contribution in [2.75, 3.05) is 39.4 Å². The summed E-state index contributed by atoms with van der Waals surface area (Å²) in [5, 5.41) is 52.8. The molecule has 0 bridgehead atoms. The zero-order valence-corrected chi connectivity index (χ0v) is 34.5. The molecule has 3 heterocycles. The van der Waals surface area contributed by atoms with Crippen LogP contribution < -0.4 is 4.74 Å². The number of phenols is 1. The molecule has 5 aromatic rings. The molecule has 5 N–H and O–H groups in total. The van der Waals surface area contributed by atoms with E-state index in [2.05, 4.69) is 9.80 Å². The summed E-state index contributed by atoms with van der Waals surface area (Å²) in [6.45, 7) is 9.03. The number of aromatic hydroxyl groups is 1. The van der Waals surface area contributed by atoms with Gasteiger partial charge in [-0.05, 0) is 111 Å². The van der Waals surface area contributed by atoms with Gasteiger partial charge >= 0.3 is 0 Å². The summed E-state index contributed by atoms with van der Waals surface area (Å²) in [6.07, 6.45) is 3.98. The van der Waals surface area contributed by atoms with Crippen LogP contribution >= 0.6 is 0 Å². The Hall–Kier alpha value is -4.58. The molecule has 0 aliphatic carbocycles. The molecule has 0 amide bonds. The van der Waals surface area contributed by atoms with Gasteiger partial charge in [-0.25, -0.2) is 0 Å². The van der Waals surface area contributed by atoms with Crippen LogP contribution in [0.5, 0.6) is 17.2 Å². The van der Waals surface area contributed by atoms with E-state index in [0.29, 0.717) is 25.7 Å². The Morgan fingerprint density at radius 2 is 0.864 bits per heavy atom. The van der Waals surface area contributed by atoms with Gasteiger partial charge in [0, 0.05) is 51.5 Å². The highest BCUT2D eigenvalue weighted by molar-refractivity contribution is 5.34. The van der Waals surface area contributed by atoms with Crippen molar-refractivity contribution in [3.63, 3.8) is 0 Å². The van der Waals surface area contributed by atoms with Crippen molar-refractivity contribution in [3.05, 3.63) is 162 Å². The van der Waals surface area contributed by atoms with E-state index < -0.39 is 23.4 Å². The minimum atomic E-state index is -0.779. The number of rotatable bonds is 10. The maximum atomic E-state index is 11.0. The molecule has 3 saturated heterocycles. The number of likely N-dealkylation sites (tertiary alicyclic amines) is 2. The lowest BCUT2D eigenvalue weighted by atomic mass is 9.83. The summed E-state index contributed by atoms with van der Waals surface area (Å²) >= 11 is 0. The van der Waals surface area contributed by atoms with Crippen LogP contribution in [0.15, 0.2) is 140 Å². The molecule has 314 valence electrons. The number of benzene rings is 5. The van der Waals surface area contributed by atoms with Crippen LogP contribution in [0, 0.1) is 0 Å². The second kappa shape index (κ2) is 21.1. The molecule has 0 unspecified atom stereocenters. The van der Waals surface area contributed by atoms with Crippen LogP contribution in [0.25, 0.3) is 0 Å². The van der Waals surface area contributed by atoms with Crippen LogP contribution in [0.2, 0.25) is 0 Å². The molecule has 0 spiro atoms. The molecule has 5 aromatic carbocycles. The number of ether oxygens (including phenoxy) is 2. The summed E-state index contributed by atoms with van der Waals surface area (Å²) < 4.78 is 10.8. The van der Waals surface area contributed by atoms with Crippen molar-refractivity contribution in [1.82, 2.24) is 9.80 Å². The van der Waals surface area contributed by atoms with Gasteiger partial charge in [0.25, 0.3) is 0 Å². The number of aliphatic hydroxyl groups is 4. The third-order valence-electron chi connectivity index (χ3n) is 12.2. The quantitative estimate of drug-likeness (QED) is 0.0946. The number of phenolic OH excluding ortho intramolecular Hbond substituents is 1. The number of para-hydroxylation sites is 1. The van der Waals surface area contributed by atoms with Crippen molar-refractivity contribution in [3.8, 4) is 17.2 Å². The number of nitrogens with zero attached hydrogens (tertiary/aromatic N) is 2. The summed E-state index contributed by atoms with van der Waals surface area (Å²) in [7, 11) is 0. The second-order valence-electron chi connectivity index (χ2n) is 16.1. The molecule has 0 radical (unpaired) electrons. The van der Waals surface area contributed by atoms with Crippen molar-refractivity contribution in [2.24, 2.45) is 0 Å². The SMILES string of the molecule is C1CCOC1.C[C@@H]([C@@H](O)c1ccc(O)cc1)N1CCC(O)(c2ccccc2)CC1.C[C@@H]([C@@H](O)c1ccc(Oc2ccccc2)cc1)N1CCC(O)(c2ccccc2)CC1. The maximum Gasteiger partial charge on any atom is 0.127 e. The van der Waals surface area contributed by atoms with Crippen molar-refractivity contribution in [2.45, 2.75) is 87.9 Å². The third kappa shape index (κ3) is 12.0. The van der Waals surface area contributed by atoms with Crippen LogP contribution in [-0.4, -0.2) is 86.8 Å². The first-order valence-electron chi connectivity index (χ1n) is 21.1. The highest BCUT2D eigenvalue weighted by atomic mass is 16.5. The summed E-state index contributed by atoms with van der Waals surface area (Å²) in [5.41, 5.74) is 2.05. The molecule has 3 aliphatic heterocycles. The molecule has 8 rings (SSSR count). The molecule has 9 nitrogen and oxygen atoms in total. The predicted molar refractivity (Wildman–Crippen MR) is 232 cm³/mol. The molecular weight excluding hydrogens is 741 g/mol. The average Bonchev–Trinajstić information content (AvgIpc) is 3.89. The van der Waals surface area contributed by atoms with Crippen LogP contribution in [0.4, 0.5) is 0 Å². The average molecular weight is 803 g/mol. The highest BCUT2D eigenvalue weighted by Crippen LogP contribution is 2.37. The Labute approximate surface area is 350 Å². The van der Waals surface area contributed by atoms with Gasteiger partial charge in [-0.15, -0.1) is 0 Å². The van der Waals surface area contributed by atoms with Crippen LogP contribution in [0.3, 0.4) is 0 Å². The van der Waals surface area contributed by atoms with E-state index in [1.807, 2.05) is 129 Å². The lowest BCUT2D eigenvalue weighted by Crippen LogP contribution is -2.47. The van der Waals surface area contributed by atoms with Gasteiger partial charge in [0.2, 0.25) is 0 Å². The van der Waals surface area contributed by atoms with Crippen molar-refractivity contribution < 1.29 is 35.0 Å². The standard InChI is InChI=1S/C26H29NO3.C20H25NO3.C4H8O/c1-20(27-18-16-26(29,17-19-27)22-8-4-2-5-9-22)25(28)21-12-14-24(15-13-21)30-23-10-6-3-7-11-23;1-15(19(23)16-7-9-18(22)10-8-16)21-13-11-20(24,12-14-21)17-5-3-2-4-6-17;1-2-4-5-3-1/h2-15,20,25,28-29H,16-19H2,1H3;2-10,15,19,22-24H,11-14H2,1H3;1-4H2/t20-,25+;15-,19+;/m00./s1. The Kier molecular flexibility index (Phi) is 15.7. The first-order valence-corrected chi connectivity index (χ1v) is 21.1. The first kappa shape index (κ1) is 44.0. The van der Waals surface area contributed by atoms with Crippen LogP contribution in [0.1, 0.15) is 86.8 Å². The zero-order valence-electron chi connectivity index (χ0n) is 34.5. The zero-order chi connectivity index (χ0) is 41.7. The normalized spacial score (nSPS) is 19.8. The predicted octanol–water partition coefficient (Wildman–Crippen LogP) is 8.48. The summed E-state index contributed by atoms with van der Waals surface area (Å²) in [5.74, 6) is 1.73. The molecule has 0 aromatic heterocycles. The number of piperidine rings is 2. The van der Waals surface area contributed by atoms with E-state index in [-0.39, 0.29) is 17.8 Å². The minimum Gasteiger partial charge on any atom is -0.508 e. The molecular formula is C50H62N2O7. The highest BCUT2D eigenvalue weighted by Gasteiger charge is 2.38. The fourth-order valence-electron chi connectivity index (χ4n) is 8.17. The van der Waals surface area contributed by atoms with E-state index in [9.17, 15) is 25.5 Å². The lowest BCUT2D eigenvalue weighted by molar-refractivity contribution is -0.0503. The minimum absolute atomic E-state index is 0.0359. The Balaban J connectivity index is 0.000000180. The van der Waals surface area contributed by atoms with E-state index in [4.69, 9.17) is 9.47 Å². The van der Waals surface area contributed by atoms with Crippen molar-refractivity contribution >= 4 is 0 Å². The largest absolute Gasteiger partial charge is 0.508 e. The van der Waals surface area contributed by atoms with Gasteiger partial charge in [0.05, 0.1) is 23.4 Å². The van der Waals surface area contributed by atoms with Crippen LogP contribution in [-0.2, 0) is 15.9 Å². The number of hydrogen-bond acceptors (Lipinski definition) is 9. The van der Waals surface area contributed by atoms with Gasteiger partial charge in [0.1, 0.15) is 17.2 Å². The summed E-state index contributed by atoms with van der Waals surface area (Å²) in [4.78, 5) is 4.48. The van der Waals surface area contributed by atoms with Crippen molar-refractivity contribution in [1.29, 1.82) is 0 Å². The monoisotopic (exact) mass is 802 g/mol. The Morgan fingerprint density at radius 3 is 1.24 bits per heavy atom. The van der Waals surface area contributed by atoms with E-state index in [0.717, 1.165) is 73.1 Å². The third-order valence-corrected chi connectivity index (χ3v) is 12.2. The molecule has 4 atom stereocenters.